The molecule has 1 fully saturated rings. The van der Waals surface area contributed by atoms with Gasteiger partial charge in [0.25, 0.3) is 0 Å². The van der Waals surface area contributed by atoms with Crippen molar-refractivity contribution in [2.75, 3.05) is 27.7 Å². The van der Waals surface area contributed by atoms with Gasteiger partial charge in [-0.15, -0.1) is 22.9 Å². The second-order valence-corrected chi connectivity index (χ2v) is 6.98. The van der Waals surface area contributed by atoms with E-state index in [1.54, 1.807) is 0 Å². The molecule has 0 spiro atoms. The lowest BCUT2D eigenvalue weighted by Gasteiger charge is -2.49. The van der Waals surface area contributed by atoms with Crippen LogP contribution in [0.3, 0.4) is 0 Å². The van der Waals surface area contributed by atoms with Crippen molar-refractivity contribution in [1.82, 2.24) is 14.8 Å². The van der Waals surface area contributed by atoms with Gasteiger partial charge in [0.05, 0.1) is 18.0 Å². The van der Waals surface area contributed by atoms with Crippen LogP contribution >= 0.6 is 22.9 Å². The normalized spacial score (nSPS) is 17.1. The number of aromatic nitrogens is 1. The Morgan fingerprint density at radius 3 is 2.60 bits per heavy atom. The highest BCUT2D eigenvalue weighted by molar-refractivity contribution is 7.09. The summed E-state index contributed by atoms with van der Waals surface area (Å²) in [5.74, 6) is 0.540. The third kappa shape index (κ3) is 3.32. The molecule has 1 aliphatic rings. The Bertz CT molecular complexity index is 471. The summed E-state index contributed by atoms with van der Waals surface area (Å²) >= 11 is 7.24. The molecule has 1 amide bonds. The fraction of sp³-hybridized carbons (Fsp3) is 0.714. The molecule has 20 heavy (non-hydrogen) atoms. The Balaban J connectivity index is 1.91. The summed E-state index contributed by atoms with van der Waals surface area (Å²) in [6.45, 7) is 0.798. The minimum absolute atomic E-state index is 0.133. The first kappa shape index (κ1) is 15.7. The molecule has 4 nitrogen and oxygen atoms in total. The third-order valence-corrected chi connectivity index (χ3v) is 5.40. The van der Waals surface area contributed by atoms with Crippen molar-refractivity contribution in [3.8, 4) is 0 Å². The van der Waals surface area contributed by atoms with E-state index >= 15 is 0 Å². The van der Waals surface area contributed by atoms with Crippen LogP contribution in [0.15, 0.2) is 5.38 Å². The number of halogens is 1. The molecule has 1 aliphatic carbocycles. The molecule has 1 heterocycles. The molecule has 1 saturated carbocycles. The van der Waals surface area contributed by atoms with Gasteiger partial charge in [-0.1, -0.05) is 0 Å². The second kappa shape index (κ2) is 6.41. The van der Waals surface area contributed by atoms with Crippen LogP contribution in [0.1, 0.15) is 30.0 Å². The van der Waals surface area contributed by atoms with Crippen molar-refractivity contribution >= 4 is 28.8 Å². The van der Waals surface area contributed by atoms with Gasteiger partial charge >= 0.3 is 0 Å². The number of rotatable bonds is 6. The van der Waals surface area contributed by atoms with E-state index in [0.717, 1.165) is 17.2 Å². The Morgan fingerprint density at radius 2 is 2.15 bits per heavy atom. The predicted octanol–water partition coefficient (Wildman–Crippen LogP) is 2.37. The highest BCUT2D eigenvalue weighted by atomic mass is 35.5. The number of carbonyl (C=O) groups is 1. The van der Waals surface area contributed by atoms with Gasteiger partial charge in [0.15, 0.2) is 0 Å². The summed E-state index contributed by atoms with van der Waals surface area (Å²) in [5, 5.41) is 2.77. The zero-order chi connectivity index (χ0) is 14.8. The lowest BCUT2D eigenvalue weighted by atomic mass is 9.75. The van der Waals surface area contributed by atoms with Gasteiger partial charge in [0.1, 0.15) is 5.01 Å². The molecule has 1 aromatic rings. The summed E-state index contributed by atoms with van der Waals surface area (Å²) in [4.78, 5) is 20.7. The molecule has 0 atom stereocenters. The average Bonchev–Trinajstić information content (AvgIpc) is 2.80. The summed E-state index contributed by atoms with van der Waals surface area (Å²) in [7, 11) is 6.10. The standard InChI is InChI=1S/C14H22ClN3OS/c1-17(2)14(5-4-6-14)10-18(3)13(19)7-12-16-11(8-15)9-20-12/h9H,4-8,10H2,1-3H3. The smallest absolute Gasteiger partial charge is 0.229 e. The maximum Gasteiger partial charge on any atom is 0.229 e. The lowest BCUT2D eigenvalue weighted by molar-refractivity contribution is -0.131. The maximum atomic E-state index is 12.3. The minimum atomic E-state index is 0.133. The summed E-state index contributed by atoms with van der Waals surface area (Å²) in [6, 6.07) is 0. The predicted molar refractivity (Wildman–Crippen MR) is 83.3 cm³/mol. The first-order valence-electron chi connectivity index (χ1n) is 6.87. The highest BCUT2D eigenvalue weighted by Gasteiger charge is 2.40. The number of likely N-dealkylation sites (N-methyl/N-ethyl adjacent to an activating group) is 2. The van der Waals surface area contributed by atoms with Crippen LogP contribution in [0.4, 0.5) is 0 Å². The molecular weight excluding hydrogens is 294 g/mol. The Hall–Kier alpha value is -0.650. The van der Waals surface area contributed by atoms with Gasteiger partial charge in [-0.3, -0.25) is 4.79 Å². The number of thiazole rings is 1. The molecule has 0 radical (unpaired) electrons. The van der Waals surface area contributed by atoms with Crippen LogP contribution in [-0.4, -0.2) is 53.9 Å². The lowest BCUT2D eigenvalue weighted by Crippen LogP contribution is -2.57. The van der Waals surface area contributed by atoms with E-state index in [1.165, 1.54) is 30.6 Å². The van der Waals surface area contributed by atoms with Gasteiger partial charge in [-0.05, 0) is 33.4 Å². The average molecular weight is 316 g/mol. The zero-order valence-corrected chi connectivity index (χ0v) is 13.9. The van der Waals surface area contributed by atoms with E-state index in [4.69, 9.17) is 11.6 Å². The second-order valence-electron chi connectivity index (χ2n) is 5.77. The van der Waals surface area contributed by atoms with Gasteiger partial charge in [-0.25, -0.2) is 4.98 Å². The fourth-order valence-corrected chi connectivity index (χ4v) is 3.63. The van der Waals surface area contributed by atoms with Crippen molar-refractivity contribution in [3.05, 3.63) is 16.1 Å². The number of amides is 1. The van der Waals surface area contributed by atoms with Gasteiger partial charge in [0.2, 0.25) is 5.91 Å². The van der Waals surface area contributed by atoms with E-state index in [1.807, 2.05) is 17.3 Å². The van der Waals surface area contributed by atoms with E-state index < -0.39 is 0 Å². The molecule has 0 bridgehead atoms. The quantitative estimate of drug-likeness (QED) is 0.756. The maximum absolute atomic E-state index is 12.3. The number of nitrogens with zero attached hydrogens (tertiary/aromatic N) is 3. The Labute approximate surface area is 129 Å². The fourth-order valence-electron chi connectivity index (χ4n) is 2.62. The molecule has 0 aromatic carbocycles. The molecule has 0 saturated heterocycles. The molecule has 112 valence electrons. The zero-order valence-electron chi connectivity index (χ0n) is 12.4. The molecule has 2 rings (SSSR count). The van der Waals surface area contributed by atoms with E-state index in [-0.39, 0.29) is 11.4 Å². The largest absolute Gasteiger partial charge is 0.344 e. The topological polar surface area (TPSA) is 36.4 Å². The van der Waals surface area contributed by atoms with Crippen LogP contribution < -0.4 is 0 Å². The summed E-state index contributed by atoms with van der Waals surface area (Å²) in [5.41, 5.74) is 1.03. The minimum Gasteiger partial charge on any atom is -0.344 e. The number of hydrogen-bond donors (Lipinski definition) is 0. The number of hydrogen-bond acceptors (Lipinski definition) is 4. The monoisotopic (exact) mass is 315 g/mol. The summed E-state index contributed by atoms with van der Waals surface area (Å²) in [6.07, 6.45) is 3.98. The van der Waals surface area contributed by atoms with E-state index in [2.05, 4.69) is 24.0 Å². The van der Waals surface area contributed by atoms with Crippen molar-refractivity contribution in [2.45, 2.75) is 37.1 Å². The van der Waals surface area contributed by atoms with Crippen LogP contribution in [-0.2, 0) is 17.1 Å². The van der Waals surface area contributed by atoms with Gasteiger partial charge in [0, 0.05) is 24.5 Å². The Morgan fingerprint density at radius 1 is 1.45 bits per heavy atom. The molecule has 0 unspecified atom stereocenters. The number of alkyl halides is 1. The highest BCUT2D eigenvalue weighted by Crippen LogP contribution is 2.36. The molecular formula is C14H22ClN3OS. The van der Waals surface area contributed by atoms with Gasteiger partial charge in [-0.2, -0.15) is 0 Å². The first-order chi connectivity index (χ1) is 9.47. The van der Waals surface area contributed by atoms with Crippen LogP contribution in [0.2, 0.25) is 0 Å². The van der Waals surface area contributed by atoms with E-state index in [9.17, 15) is 4.79 Å². The number of carbonyl (C=O) groups excluding carboxylic acids is 1. The Kier molecular flexibility index (Phi) is 5.04. The summed E-state index contributed by atoms with van der Waals surface area (Å²) < 4.78 is 0. The third-order valence-electron chi connectivity index (χ3n) is 4.23. The van der Waals surface area contributed by atoms with Crippen molar-refractivity contribution in [1.29, 1.82) is 0 Å². The van der Waals surface area contributed by atoms with E-state index in [0.29, 0.717) is 12.3 Å². The molecule has 0 aliphatic heterocycles. The van der Waals surface area contributed by atoms with Crippen molar-refractivity contribution in [2.24, 2.45) is 0 Å². The van der Waals surface area contributed by atoms with Crippen LogP contribution in [0.5, 0.6) is 0 Å². The van der Waals surface area contributed by atoms with Crippen LogP contribution in [0.25, 0.3) is 0 Å². The SMILES string of the molecule is CN(CC1(N(C)C)CCC1)C(=O)Cc1nc(CCl)cs1. The molecule has 1 aromatic heterocycles. The van der Waals surface area contributed by atoms with Crippen molar-refractivity contribution in [3.63, 3.8) is 0 Å². The van der Waals surface area contributed by atoms with Crippen LogP contribution in [0, 0.1) is 0 Å². The first-order valence-corrected chi connectivity index (χ1v) is 8.29. The molecule has 0 N–H and O–H groups in total. The van der Waals surface area contributed by atoms with Crippen molar-refractivity contribution < 1.29 is 4.79 Å². The molecule has 6 heteroatoms. The van der Waals surface area contributed by atoms with Gasteiger partial charge < -0.3 is 9.80 Å².